The maximum Gasteiger partial charge on any atom is 0.255 e. The maximum absolute atomic E-state index is 12.3. The van der Waals surface area contributed by atoms with Crippen molar-refractivity contribution in [2.24, 2.45) is 0 Å². The molecule has 1 aromatic rings. The van der Waals surface area contributed by atoms with Gasteiger partial charge in [-0.25, -0.2) is 0 Å². The summed E-state index contributed by atoms with van der Waals surface area (Å²) < 4.78 is 0. The van der Waals surface area contributed by atoms with Crippen LogP contribution in [-0.4, -0.2) is 55.2 Å². The summed E-state index contributed by atoms with van der Waals surface area (Å²) >= 11 is 6.03. The number of carbonyl (C=O) groups is 1. The van der Waals surface area contributed by atoms with Crippen molar-refractivity contribution in [3.05, 3.63) is 34.9 Å². The first-order chi connectivity index (χ1) is 8.72. The number of aliphatic hydroxyl groups excluding tert-OH is 1. The summed E-state index contributed by atoms with van der Waals surface area (Å²) in [6.07, 6.45) is 0. The Hall–Kier alpha value is -0.810. The van der Waals surface area contributed by atoms with E-state index in [1.807, 2.05) is 17.0 Å². The molecule has 0 aromatic heterocycles. The van der Waals surface area contributed by atoms with Gasteiger partial charge in [-0.15, -0.1) is 0 Å². The number of amides is 1. The predicted molar refractivity (Wildman–Crippen MR) is 70.0 cm³/mol. The van der Waals surface area contributed by atoms with E-state index in [2.05, 4.69) is 0 Å². The largest absolute Gasteiger partial charge is 1.00 e. The van der Waals surface area contributed by atoms with Gasteiger partial charge in [-0.2, -0.15) is 0 Å². The topological polar surface area (TPSA) is 45.0 Å². The van der Waals surface area contributed by atoms with Crippen LogP contribution in [0.3, 0.4) is 0 Å². The van der Waals surface area contributed by atoms with E-state index < -0.39 is 0 Å². The van der Waals surface area contributed by atoms with Crippen molar-refractivity contribution in [3.63, 3.8) is 0 Å². The van der Waals surface area contributed by atoms with Crippen molar-refractivity contribution in [2.75, 3.05) is 39.3 Å². The van der Waals surface area contributed by atoms with Crippen molar-refractivity contribution in [3.8, 4) is 0 Å². The Bertz CT molecular complexity index is 421. The summed E-state index contributed by atoms with van der Waals surface area (Å²) in [5, 5.41) is 9.40. The molecule has 1 aliphatic heterocycles. The number of benzene rings is 1. The lowest BCUT2D eigenvalue weighted by atomic mass is 10.2. The quantitative estimate of drug-likeness (QED) is 0.614. The number of quaternary nitrogens is 1. The van der Waals surface area contributed by atoms with E-state index in [1.165, 1.54) is 4.90 Å². The van der Waals surface area contributed by atoms with Gasteiger partial charge in [0.25, 0.3) is 5.91 Å². The Kier molecular flexibility index (Phi) is 6.58. The summed E-state index contributed by atoms with van der Waals surface area (Å²) in [6.45, 7) is 4.17. The molecule has 1 saturated heterocycles. The third-order valence-corrected chi connectivity index (χ3v) is 3.66. The second-order valence-electron chi connectivity index (χ2n) is 4.50. The molecule has 0 bridgehead atoms. The van der Waals surface area contributed by atoms with Gasteiger partial charge < -0.3 is 27.3 Å². The smallest absolute Gasteiger partial charge is 0.255 e. The fourth-order valence-corrected chi connectivity index (χ4v) is 2.46. The minimum Gasteiger partial charge on any atom is -1.00 e. The number of nitrogens with zero attached hydrogens (tertiary/aromatic N) is 1. The highest BCUT2D eigenvalue weighted by Crippen LogP contribution is 2.16. The monoisotopic (exact) mass is 304 g/mol. The summed E-state index contributed by atoms with van der Waals surface area (Å²) in [7, 11) is 0. The fourth-order valence-electron chi connectivity index (χ4n) is 2.24. The van der Waals surface area contributed by atoms with Crippen LogP contribution in [0.15, 0.2) is 24.3 Å². The molecule has 0 spiro atoms. The van der Waals surface area contributed by atoms with E-state index in [4.69, 9.17) is 16.7 Å². The molecule has 0 radical (unpaired) electrons. The molecule has 1 aromatic carbocycles. The SMILES string of the molecule is O=C(c1ccccc1Cl)N1CC[NH+](CCO)CC1.[Cl-]. The summed E-state index contributed by atoms with van der Waals surface area (Å²) in [5.41, 5.74) is 0.574. The fraction of sp³-hybridized carbons (Fsp3) is 0.462. The zero-order chi connectivity index (χ0) is 13.0. The van der Waals surface area contributed by atoms with Crippen molar-refractivity contribution in [2.45, 2.75) is 0 Å². The van der Waals surface area contributed by atoms with E-state index in [0.29, 0.717) is 10.6 Å². The zero-order valence-corrected chi connectivity index (χ0v) is 12.1. The first-order valence-corrected chi connectivity index (χ1v) is 6.58. The van der Waals surface area contributed by atoms with Gasteiger partial charge in [-0.3, -0.25) is 4.79 Å². The molecule has 1 aliphatic rings. The average molecular weight is 305 g/mol. The van der Waals surface area contributed by atoms with E-state index in [9.17, 15) is 4.79 Å². The molecule has 0 aliphatic carbocycles. The highest BCUT2D eigenvalue weighted by Gasteiger charge is 2.24. The first-order valence-electron chi connectivity index (χ1n) is 6.20. The van der Waals surface area contributed by atoms with Crippen molar-refractivity contribution in [1.29, 1.82) is 0 Å². The van der Waals surface area contributed by atoms with Crippen molar-refractivity contribution < 1.29 is 27.2 Å². The second kappa shape index (κ2) is 7.70. The lowest BCUT2D eigenvalue weighted by Gasteiger charge is -2.32. The maximum atomic E-state index is 12.3. The standard InChI is InChI=1S/C13H17ClN2O2.ClH/c14-12-4-2-1-3-11(12)13(18)16-7-5-15(6-8-16)9-10-17;/h1-4,17H,5-10H2;1H. The number of hydrogen-bond donors (Lipinski definition) is 2. The molecule has 0 saturated carbocycles. The van der Waals surface area contributed by atoms with Gasteiger partial charge in [0.1, 0.15) is 6.54 Å². The second-order valence-corrected chi connectivity index (χ2v) is 4.90. The number of nitrogens with one attached hydrogen (secondary N) is 1. The van der Waals surface area contributed by atoms with Gasteiger partial charge in [0.05, 0.1) is 43.4 Å². The number of rotatable bonds is 3. The van der Waals surface area contributed by atoms with Gasteiger partial charge in [0.15, 0.2) is 0 Å². The lowest BCUT2D eigenvalue weighted by Crippen LogP contribution is -3.15. The highest BCUT2D eigenvalue weighted by atomic mass is 35.5. The Morgan fingerprint density at radius 3 is 2.53 bits per heavy atom. The Morgan fingerprint density at radius 2 is 1.95 bits per heavy atom. The Morgan fingerprint density at radius 1 is 1.32 bits per heavy atom. The number of hydrogen-bond acceptors (Lipinski definition) is 2. The molecule has 0 unspecified atom stereocenters. The summed E-state index contributed by atoms with van der Waals surface area (Å²) in [4.78, 5) is 15.5. The van der Waals surface area contributed by atoms with Crippen molar-refractivity contribution >= 4 is 17.5 Å². The minimum atomic E-state index is 0. The van der Waals surface area contributed by atoms with Gasteiger partial charge in [-0.05, 0) is 12.1 Å². The molecule has 106 valence electrons. The summed E-state index contributed by atoms with van der Waals surface area (Å²) in [6, 6.07) is 7.15. The van der Waals surface area contributed by atoms with E-state index in [0.717, 1.165) is 32.7 Å². The van der Waals surface area contributed by atoms with Crippen LogP contribution >= 0.6 is 11.6 Å². The number of carbonyl (C=O) groups excluding carboxylic acids is 1. The molecular formula is C13H18Cl2N2O2. The third kappa shape index (κ3) is 4.08. The highest BCUT2D eigenvalue weighted by molar-refractivity contribution is 6.33. The van der Waals surface area contributed by atoms with Crippen LogP contribution in [0.4, 0.5) is 0 Å². The van der Waals surface area contributed by atoms with Crippen LogP contribution in [0.25, 0.3) is 0 Å². The first kappa shape index (κ1) is 16.2. The molecule has 1 heterocycles. The van der Waals surface area contributed by atoms with Crippen LogP contribution in [0.5, 0.6) is 0 Å². The van der Waals surface area contributed by atoms with Crippen LogP contribution in [-0.2, 0) is 0 Å². The number of halogens is 2. The van der Waals surface area contributed by atoms with Crippen LogP contribution < -0.4 is 17.3 Å². The van der Waals surface area contributed by atoms with Gasteiger partial charge >= 0.3 is 0 Å². The predicted octanol–water partition coefficient (Wildman–Crippen LogP) is -3.32. The van der Waals surface area contributed by atoms with Crippen LogP contribution in [0, 0.1) is 0 Å². The average Bonchev–Trinajstić information content (AvgIpc) is 2.40. The minimum absolute atomic E-state index is 0. The van der Waals surface area contributed by atoms with Crippen molar-refractivity contribution in [1.82, 2.24) is 4.90 Å². The summed E-state index contributed by atoms with van der Waals surface area (Å²) in [5.74, 6) is 0.00338. The van der Waals surface area contributed by atoms with Crippen LogP contribution in [0.1, 0.15) is 10.4 Å². The normalized spacial score (nSPS) is 16.0. The molecule has 0 atom stereocenters. The van der Waals surface area contributed by atoms with E-state index >= 15 is 0 Å². The van der Waals surface area contributed by atoms with Gasteiger partial charge in [-0.1, -0.05) is 23.7 Å². The molecule has 1 amide bonds. The van der Waals surface area contributed by atoms with Crippen LogP contribution in [0.2, 0.25) is 5.02 Å². The Balaban J connectivity index is 0.00000180. The zero-order valence-electron chi connectivity index (χ0n) is 10.6. The lowest BCUT2D eigenvalue weighted by molar-refractivity contribution is -0.904. The molecule has 19 heavy (non-hydrogen) atoms. The number of aliphatic hydroxyl groups is 1. The van der Waals surface area contributed by atoms with E-state index in [1.54, 1.807) is 12.1 Å². The number of piperazine rings is 1. The molecular weight excluding hydrogens is 287 g/mol. The third-order valence-electron chi connectivity index (χ3n) is 3.33. The Labute approximate surface area is 124 Å². The van der Waals surface area contributed by atoms with E-state index in [-0.39, 0.29) is 24.9 Å². The molecule has 6 heteroatoms. The van der Waals surface area contributed by atoms with Gasteiger partial charge in [0.2, 0.25) is 0 Å². The molecule has 2 rings (SSSR count). The molecule has 1 fully saturated rings. The molecule has 4 nitrogen and oxygen atoms in total. The molecule has 2 N–H and O–H groups in total. The van der Waals surface area contributed by atoms with Gasteiger partial charge in [0, 0.05) is 0 Å².